The Morgan fingerprint density at radius 3 is 2.21 bits per heavy atom. The SMILES string of the molecule is CC(C)C1CCN(C(=O)C2(c3ccc(F)cc3)CCCCC2)CC1. The second kappa shape index (κ2) is 7.25. The zero-order valence-electron chi connectivity index (χ0n) is 15.1. The van der Waals surface area contributed by atoms with Crippen LogP contribution in [0.15, 0.2) is 24.3 Å². The number of hydrogen-bond acceptors (Lipinski definition) is 1. The number of rotatable bonds is 3. The molecule has 0 N–H and O–H groups in total. The summed E-state index contributed by atoms with van der Waals surface area (Å²) in [6.07, 6.45) is 7.41. The van der Waals surface area contributed by atoms with Crippen LogP contribution in [-0.4, -0.2) is 23.9 Å². The zero-order chi connectivity index (χ0) is 17.2. The van der Waals surface area contributed by atoms with Gasteiger partial charge >= 0.3 is 0 Å². The molecule has 132 valence electrons. The Morgan fingerprint density at radius 2 is 1.67 bits per heavy atom. The van der Waals surface area contributed by atoms with Gasteiger partial charge in [-0.05, 0) is 55.2 Å². The van der Waals surface area contributed by atoms with Gasteiger partial charge in [0, 0.05) is 13.1 Å². The molecule has 2 fully saturated rings. The minimum atomic E-state index is -0.420. The van der Waals surface area contributed by atoms with E-state index in [0.717, 1.165) is 63.1 Å². The molecule has 0 unspecified atom stereocenters. The van der Waals surface area contributed by atoms with E-state index in [0.29, 0.717) is 5.92 Å². The number of nitrogens with zero attached hydrogens (tertiary/aromatic N) is 1. The lowest BCUT2D eigenvalue weighted by atomic mass is 9.68. The van der Waals surface area contributed by atoms with Crippen molar-refractivity contribution in [3.05, 3.63) is 35.6 Å². The van der Waals surface area contributed by atoms with Crippen molar-refractivity contribution in [3.8, 4) is 0 Å². The topological polar surface area (TPSA) is 20.3 Å². The van der Waals surface area contributed by atoms with E-state index in [9.17, 15) is 9.18 Å². The fraction of sp³-hybridized carbons (Fsp3) is 0.667. The Bertz CT molecular complexity index is 552. The normalized spacial score (nSPS) is 21.9. The first-order valence-electron chi connectivity index (χ1n) is 9.58. The van der Waals surface area contributed by atoms with E-state index in [4.69, 9.17) is 0 Å². The molecule has 3 heteroatoms. The number of hydrogen-bond donors (Lipinski definition) is 0. The first-order valence-corrected chi connectivity index (χ1v) is 9.58. The highest BCUT2D eigenvalue weighted by molar-refractivity contribution is 5.88. The van der Waals surface area contributed by atoms with E-state index >= 15 is 0 Å². The van der Waals surface area contributed by atoms with Gasteiger partial charge in [0.2, 0.25) is 5.91 Å². The van der Waals surface area contributed by atoms with Crippen molar-refractivity contribution in [2.45, 2.75) is 64.2 Å². The number of carbonyl (C=O) groups is 1. The molecule has 2 nitrogen and oxygen atoms in total. The number of halogens is 1. The summed E-state index contributed by atoms with van der Waals surface area (Å²) in [6, 6.07) is 6.67. The highest BCUT2D eigenvalue weighted by atomic mass is 19.1. The molecule has 1 saturated carbocycles. The molecule has 0 atom stereocenters. The molecule has 1 amide bonds. The summed E-state index contributed by atoms with van der Waals surface area (Å²) < 4.78 is 13.4. The van der Waals surface area contributed by atoms with Gasteiger partial charge in [-0.25, -0.2) is 4.39 Å². The van der Waals surface area contributed by atoms with Gasteiger partial charge in [-0.15, -0.1) is 0 Å². The monoisotopic (exact) mass is 331 g/mol. The van der Waals surface area contributed by atoms with E-state index in [1.54, 1.807) is 0 Å². The van der Waals surface area contributed by atoms with Crippen LogP contribution in [0.2, 0.25) is 0 Å². The average molecular weight is 331 g/mol. The second-order valence-electron chi connectivity index (χ2n) is 8.02. The molecule has 2 aliphatic rings. The molecule has 1 saturated heterocycles. The molecule has 24 heavy (non-hydrogen) atoms. The lowest BCUT2D eigenvalue weighted by Gasteiger charge is -2.43. The highest BCUT2D eigenvalue weighted by Crippen LogP contribution is 2.42. The average Bonchev–Trinajstić information content (AvgIpc) is 2.62. The Kier molecular flexibility index (Phi) is 5.27. The number of likely N-dealkylation sites (tertiary alicyclic amines) is 1. The molecular formula is C21H30FNO. The third-order valence-corrected chi connectivity index (χ3v) is 6.28. The molecule has 1 aromatic rings. The number of amides is 1. The van der Waals surface area contributed by atoms with Crippen LogP contribution in [0, 0.1) is 17.7 Å². The fourth-order valence-corrected chi connectivity index (χ4v) is 4.62. The first-order chi connectivity index (χ1) is 11.5. The molecule has 3 rings (SSSR count). The largest absolute Gasteiger partial charge is 0.342 e. The summed E-state index contributed by atoms with van der Waals surface area (Å²) >= 11 is 0. The Hall–Kier alpha value is -1.38. The second-order valence-corrected chi connectivity index (χ2v) is 8.02. The highest BCUT2D eigenvalue weighted by Gasteiger charge is 2.44. The van der Waals surface area contributed by atoms with Crippen LogP contribution in [0.3, 0.4) is 0 Å². The van der Waals surface area contributed by atoms with Crippen LogP contribution in [0.5, 0.6) is 0 Å². The summed E-state index contributed by atoms with van der Waals surface area (Å²) in [7, 11) is 0. The molecule has 1 aliphatic heterocycles. The summed E-state index contributed by atoms with van der Waals surface area (Å²) in [5, 5.41) is 0. The van der Waals surface area contributed by atoms with Crippen molar-refractivity contribution in [1.29, 1.82) is 0 Å². The van der Waals surface area contributed by atoms with Crippen LogP contribution in [0.1, 0.15) is 64.4 Å². The van der Waals surface area contributed by atoms with Gasteiger partial charge in [-0.2, -0.15) is 0 Å². The lowest BCUT2D eigenvalue weighted by Crippen LogP contribution is -2.50. The van der Waals surface area contributed by atoms with E-state index in [1.807, 2.05) is 12.1 Å². The first kappa shape index (κ1) is 17.4. The molecule has 1 heterocycles. The Labute approximate surface area is 145 Å². The molecule has 1 aromatic carbocycles. The van der Waals surface area contributed by atoms with Gasteiger partial charge in [0.25, 0.3) is 0 Å². The predicted octanol–water partition coefficient (Wildman–Crippen LogP) is 4.92. The molecule has 1 aliphatic carbocycles. The van der Waals surface area contributed by atoms with E-state index in [2.05, 4.69) is 18.7 Å². The summed E-state index contributed by atoms with van der Waals surface area (Å²) in [5.74, 6) is 1.50. The molecule has 0 radical (unpaired) electrons. The smallest absolute Gasteiger partial charge is 0.233 e. The lowest BCUT2D eigenvalue weighted by molar-refractivity contribution is -0.140. The van der Waals surface area contributed by atoms with Crippen molar-refractivity contribution in [3.63, 3.8) is 0 Å². The summed E-state index contributed by atoms with van der Waals surface area (Å²) in [5.41, 5.74) is 0.593. The number of piperidine rings is 1. The van der Waals surface area contributed by atoms with Gasteiger partial charge in [0.1, 0.15) is 5.82 Å². The van der Waals surface area contributed by atoms with Crippen LogP contribution in [0.25, 0.3) is 0 Å². The van der Waals surface area contributed by atoms with Gasteiger partial charge in [0.05, 0.1) is 5.41 Å². The van der Waals surface area contributed by atoms with Crippen molar-refractivity contribution in [2.24, 2.45) is 11.8 Å². The molecule has 0 spiro atoms. The summed E-state index contributed by atoms with van der Waals surface area (Å²) in [4.78, 5) is 15.6. The van der Waals surface area contributed by atoms with Crippen LogP contribution >= 0.6 is 0 Å². The maximum absolute atomic E-state index is 13.5. The van der Waals surface area contributed by atoms with Crippen molar-refractivity contribution < 1.29 is 9.18 Å². The maximum atomic E-state index is 13.5. The third-order valence-electron chi connectivity index (χ3n) is 6.28. The van der Waals surface area contributed by atoms with E-state index in [-0.39, 0.29) is 11.7 Å². The van der Waals surface area contributed by atoms with E-state index in [1.165, 1.54) is 18.6 Å². The van der Waals surface area contributed by atoms with Gasteiger partial charge in [0.15, 0.2) is 0 Å². The number of benzene rings is 1. The Morgan fingerprint density at radius 1 is 1.08 bits per heavy atom. The van der Waals surface area contributed by atoms with Gasteiger partial charge in [-0.3, -0.25) is 4.79 Å². The Balaban J connectivity index is 1.81. The fourth-order valence-electron chi connectivity index (χ4n) is 4.62. The van der Waals surface area contributed by atoms with E-state index < -0.39 is 5.41 Å². The van der Waals surface area contributed by atoms with Crippen LogP contribution in [-0.2, 0) is 10.2 Å². The van der Waals surface area contributed by atoms with Gasteiger partial charge in [-0.1, -0.05) is 45.2 Å². The molecule has 0 aromatic heterocycles. The number of carbonyl (C=O) groups excluding carboxylic acids is 1. The van der Waals surface area contributed by atoms with Crippen molar-refractivity contribution >= 4 is 5.91 Å². The van der Waals surface area contributed by atoms with Crippen LogP contribution in [0.4, 0.5) is 4.39 Å². The standard InChI is InChI=1S/C21H30FNO/c1-16(2)17-10-14-23(15-11-17)20(24)21(12-4-3-5-13-21)18-6-8-19(22)9-7-18/h6-9,16-17H,3-5,10-15H2,1-2H3. The molecule has 0 bridgehead atoms. The van der Waals surface area contributed by atoms with Gasteiger partial charge < -0.3 is 4.90 Å². The van der Waals surface area contributed by atoms with Crippen molar-refractivity contribution in [1.82, 2.24) is 4.90 Å². The van der Waals surface area contributed by atoms with Crippen molar-refractivity contribution in [2.75, 3.05) is 13.1 Å². The minimum absolute atomic E-state index is 0.227. The third kappa shape index (κ3) is 3.36. The molecular weight excluding hydrogens is 301 g/mol. The predicted molar refractivity (Wildman–Crippen MR) is 95.3 cm³/mol. The minimum Gasteiger partial charge on any atom is -0.342 e. The quantitative estimate of drug-likeness (QED) is 0.769. The van der Waals surface area contributed by atoms with Crippen LogP contribution < -0.4 is 0 Å². The maximum Gasteiger partial charge on any atom is 0.233 e. The zero-order valence-corrected chi connectivity index (χ0v) is 15.1. The summed E-state index contributed by atoms with van der Waals surface area (Å²) in [6.45, 7) is 6.32.